The van der Waals surface area contributed by atoms with Crippen molar-refractivity contribution < 1.29 is 14.3 Å². The maximum absolute atomic E-state index is 12.4. The predicted octanol–water partition coefficient (Wildman–Crippen LogP) is 3.56. The second-order valence-corrected chi connectivity index (χ2v) is 7.37. The number of imidazole rings is 1. The van der Waals surface area contributed by atoms with E-state index >= 15 is 0 Å². The first-order valence-electron chi connectivity index (χ1n) is 8.12. The number of nitrogens with one attached hydrogen (secondary N) is 2. The van der Waals surface area contributed by atoms with Crippen LogP contribution in [0.3, 0.4) is 0 Å². The van der Waals surface area contributed by atoms with Crippen molar-refractivity contribution in [3.8, 4) is 0 Å². The summed E-state index contributed by atoms with van der Waals surface area (Å²) in [5.74, 6) is -0.529. The van der Waals surface area contributed by atoms with Gasteiger partial charge in [-0.25, -0.2) is 14.6 Å². The number of aromatic nitrogens is 2. The molecule has 140 valence electrons. The standard InChI is InChI=1S/C18H23ClN4O3/c1-18(2,3)15(10-23-8-7-20-11-23)22-17(25)21-12-5-6-13(14(19)9-12)16(24)26-4/h5-9,11,15H,10H2,1-4H3,(H2,21,22,25)/t15-/m0/s1. The first kappa shape index (κ1) is 19.8. The molecule has 2 amide bonds. The van der Waals surface area contributed by atoms with E-state index in [1.54, 1.807) is 18.6 Å². The number of hydrogen-bond donors (Lipinski definition) is 2. The number of urea groups is 1. The van der Waals surface area contributed by atoms with Crippen molar-refractivity contribution in [3.05, 3.63) is 47.5 Å². The number of anilines is 1. The molecule has 2 N–H and O–H groups in total. The Bertz CT molecular complexity index is 769. The number of halogens is 1. The van der Waals surface area contributed by atoms with Crippen LogP contribution in [0.2, 0.25) is 5.02 Å². The summed E-state index contributed by atoms with van der Waals surface area (Å²) in [6.07, 6.45) is 5.26. The molecular weight excluding hydrogens is 356 g/mol. The highest BCUT2D eigenvalue weighted by Gasteiger charge is 2.26. The molecule has 0 saturated heterocycles. The zero-order valence-electron chi connectivity index (χ0n) is 15.2. The van der Waals surface area contributed by atoms with Crippen molar-refractivity contribution in [1.82, 2.24) is 14.9 Å². The minimum Gasteiger partial charge on any atom is -0.465 e. The average molecular weight is 379 g/mol. The van der Waals surface area contributed by atoms with Crippen LogP contribution in [0, 0.1) is 5.41 Å². The van der Waals surface area contributed by atoms with Crippen LogP contribution in [0.15, 0.2) is 36.9 Å². The molecule has 2 rings (SSSR count). The summed E-state index contributed by atoms with van der Waals surface area (Å²) in [5, 5.41) is 5.92. The van der Waals surface area contributed by atoms with Crippen molar-refractivity contribution in [1.29, 1.82) is 0 Å². The molecule has 1 heterocycles. The molecule has 0 fully saturated rings. The van der Waals surface area contributed by atoms with E-state index in [1.165, 1.54) is 19.2 Å². The van der Waals surface area contributed by atoms with E-state index in [2.05, 4.69) is 41.1 Å². The van der Waals surface area contributed by atoms with Crippen LogP contribution in [-0.2, 0) is 11.3 Å². The molecule has 26 heavy (non-hydrogen) atoms. The maximum atomic E-state index is 12.4. The molecule has 0 unspecified atom stereocenters. The minimum absolute atomic E-state index is 0.124. The molecule has 1 atom stereocenters. The third kappa shape index (κ3) is 5.23. The first-order chi connectivity index (χ1) is 12.2. The number of ether oxygens (including phenoxy) is 1. The largest absolute Gasteiger partial charge is 0.465 e. The van der Waals surface area contributed by atoms with E-state index in [9.17, 15) is 9.59 Å². The van der Waals surface area contributed by atoms with Gasteiger partial charge in [-0.15, -0.1) is 0 Å². The zero-order valence-corrected chi connectivity index (χ0v) is 16.0. The lowest BCUT2D eigenvalue weighted by Gasteiger charge is -2.31. The lowest BCUT2D eigenvalue weighted by molar-refractivity contribution is 0.0601. The van der Waals surface area contributed by atoms with Crippen molar-refractivity contribution in [2.45, 2.75) is 33.4 Å². The SMILES string of the molecule is COC(=O)c1ccc(NC(=O)N[C@@H](Cn2ccnc2)C(C)(C)C)cc1Cl. The zero-order chi connectivity index (χ0) is 19.3. The third-order valence-corrected chi connectivity index (χ3v) is 4.25. The molecule has 0 aliphatic carbocycles. The van der Waals surface area contributed by atoms with E-state index in [1.807, 2.05) is 10.8 Å². The van der Waals surface area contributed by atoms with Gasteiger partial charge < -0.3 is 19.9 Å². The van der Waals surface area contributed by atoms with Gasteiger partial charge in [0.25, 0.3) is 0 Å². The van der Waals surface area contributed by atoms with Gasteiger partial charge in [-0.3, -0.25) is 0 Å². The highest BCUT2D eigenvalue weighted by molar-refractivity contribution is 6.33. The Morgan fingerprint density at radius 2 is 2.08 bits per heavy atom. The Labute approximate surface area is 157 Å². The van der Waals surface area contributed by atoms with Gasteiger partial charge in [-0.2, -0.15) is 0 Å². The number of hydrogen-bond acceptors (Lipinski definition) is 4. The van der Waals surface area contributed by atoms with Crippen LogP contribution < -0.4 is 10.6 Å². The fourth-order valence-electron chi connectivity index (χ4n) is 2.34. The Hall–Kier alpha value is -2.54. The summed E-state index contributed by atoms with van der Waals surface area (Å²) in [5.41, 5.74) is 0.566. The van der Waals surface area contributed by atoms with Crippen LogP contribution in [0.5, 0.6) is 0 Å². The number of esters is 1. The molecule has 1 aromatic heterocycles. The average Bonchev–Trinajstić information content (AvgIpc) is 3.06. The van der Waals surface area contributed by atoms with Crippen LogP contribution in [0.25, 0.3) is 0 Å². The van der Waals surface area contributed by atoms with E-state index in [0.29, 0.717) is 12.2 Å². The van der Waals surface area contributed by atoms with Crippen LogP contribution in [0.4, 0.5) is 10.5 Å². The molecule has 8 heteroatoms. The lowest BCUT2D eigenvalue weighted by Crippen LogP contribution is -2.47. The molecule has 0 radical (unpaired) electrons. The van der Waals surface area contributed by atoms with Gasteiger partial charge in [0.1, 0.15) is 0 Å². The summed E-state index contributed by atoms with van der Waals surface area (Å²) >= 11 is 6.08. The molecule has 7 nitrogen and oxygen atoms in total. The van der Waals surface area contributed by atoms with Crippen molar-refractivity contribution in [2.24, 2.45) is 5.41 Å². The fourth-order valence-corrected chi connectivity index (χ4v) is 2.59. The van der Waals surface area contributed by atoms with E-state index < -0.39 is 5.97 Å². The van der Waals surface area contributed by atoms with E-state index in [-0.39, 0.29) is 28.1 Å². The summed E-state index contributed by atoms with van der Waals surface area (Å²) in [4.78, 5) is 28.0. The maximum Gasteiger partial charge on any atom is 0.339 e. The Morgan fingerprint density at radius 3 is 2.62 bits per heavy atom. The van der Waals surface area contributed by atoms with E-state index in [4.69, 9.17) is 11.6 Å². The quantitative estimate of drug-likeness (QED) is 0.779. The number of benzene rings is 1. The monoisotopic (exact) mass is 378 g/mol. The van der Waals surface area contributed by atoms with Gasteiger partial charge in [-0.1, -0.05) is 32.4 Å². The number of nitrogens with zero attached hydrogens (tertiary/aromatic N) is 2. The Balaban J connectivity index is 2.06. The number of methoxy groups -OCH3 is 1. The molecular formula is C18H23ClN4O3. The summed E-state index contributed by atoms with van der Waals surface area (Å²) in [7, 11) is 1.28. The topological polar surface area (TPSA) is 85.2 Å². The number of carbonyl (C=O) groups is 2. The van der Waals surface area contributed by atoms with Crippen LogP contribution in [-0.4, -0.2) is 34.7 Å². The molecule has 2 aromatic rings. The number of carbonyl (C=O) groups excluding carboxylic acids is 2. The van der Waals surface area contributed by atoms with E-state index in [0.717, 1.165) is 0 Å². The second-order valence-electron chi connectivity index (χ2n) is 6.96. The highest BCUT2D eigenvalue weighted by Crippen LogP contribution is 2.23. The molecule has 0 aliphatic rings. The normalized spacial score (nSPS) is 12.3. The molecule has 0 aliphatic heterocycles. The second kappa shape index (κ2) is 8.23. The van der Waals surface area contributed by atoms with Crippen molar-refractivity contribution in [3.63, 3.8) is 0 Å². The number of amides is 2. The first-order valence-corrected chi connectivity index (χ1v) is 8.49. The van der Waals surface area contributed by atoms with Crippen LogP contribution >= 0.6 is 11.6 Å². The molecule has 0 spiro atoms. The Morgan fingerprint density at radius 1 is 1.35 bits per heavy atom. The Kier molecular flexibility index (Phi) is 6.26. The van der Waals surface area contributed by atoms with Gasteiger partial charge in [-0.05, 0) is 23.6 Å². The molecule has 1 aromatic carbocycles. The highest BCUT2D eigenvalue weighted by atomic mass is 35.5. The summed E-state index contributed by atoms with van der Waals surface area (Å²) in [6, 6.07) is 4.14. The number of rotatable bonds is 5. The molecule has 0 saturated carbocycles. The van der Waals surface area contributed by atoms with Gasteiger partial charge >= 0.3 is 12.0 Å². The smallest absolute Gasteiger partial charge is 0.339 e. The fraction of sp³-hybridized carbons (Fsp3) is 0.389. The lowest BCUT2D eigenvalue weighted by atomic mass is 9.86. The minimum atomic E-state index is -0.529. The van der Waals surface area contributed by atoms with Crippen molar-refractivity contribution >= 4 is 29.3 Å². The summed E-state index contributed by atoms with van der Waals surface area (Å²) < 4.78 is 6.56. The predicted molar refractivity (Wildman–Crippen MR) is 100 cm³/mol. The third-order valence-electron chi connectivity index (χ3n) is 3.94. The summed E-state index contributed by atoms with van der Waals surface area (Å²) in [6.45, 7) is 6.75. The van der Waals surface area contributed by atoms with Crippen molar-refractivity contribution in [2.75, 3.05) is 12.4 Å². The van der Waals surface area contributed by atoms with Gasteiger partial charge in [0, 0.05) is 24.6 Å². The van der Waals surface area contributed by atoms with Crippen LogP contribution in [0.1, 0.15) is 31.1 Å². The van der Waals surface area contributed by atoms with Gasteiger partial charge in [0.15, 0.2) is 0 Å². The van der Waals surface area contributed by atoms with Gasteiger partial charge in [0.05, 0.1) is 30.1 Å². The molecule has 0 bridgehead atoms. The van der Waals surface area contributed by atoms with Gasteiger partial charge in [0.2, 0.25) is 0 Å².